The van der Waals surface area contributed by atoms with E-state index in [4.69, 9.17) is 9.47 Å². The van der Waals surface area contributed by atoms with Crippen molar-refractivity contribution in [3.8, 4) is 0 Å². The quantitative estimate of drug-likeness (QED) is 0.810. The fourth-order valence-corrected chi connectivity index (χ4v) is 3.72. The number of carbonyl (C=O) groups is 1. The first-order chi connectivity index (χ1) is 11.3. The number of aryl methyl sites for hydroxylation is 1. The molecule has 0 unspecified atom stereocenters. The molecule has 0 spiro atoms. The molecule has 1 aromatic carbocycles. The van der Waals surface area contributed by atoms with E-state index in [2.05, 4.69) is 17.0 Å². The molecule has 0 N–H and O–H groups in total. The van der Waals surface area contributed by atoms with E-state index in [1.165, 1.54) is 5.56 Å². The van der Waals surface area contributed by atoms with Crippen LogP contribution >= 0.6 is 0 Å². The molecule has 0 bridgehead atoms. The minimum atomic E-state index is 0.204. The summed E-state index contributed by atoms with van der Waals surface area (Å²) in [4.78, 5) is 14.6. The van der Waals surface area contributed by atoms with Crippen molar-refractivity contribution in [1.29, 1.82) is 0 Å². The molecule has 126 valence electrons. The lowest BCUT2D eigenvalue weighted by molar-refractivity contribution is -0.138. The molecule has 2 saturated heterocycles. The molecular weight excluding hydrogens is 290 g/mol. The van der Waals surface area contributed by atoms with Gasteiger partial charge >= 0.3 is 0 Å². The van der Waals surface area contributed by atoms with Gasteiger partial charge in [-0.15, -0.1) is 0 Å². The van der Waals surface area contributed by atoms with Crippen molar-refractivity contribution < 1.29 is 14.3 Å². The Morgan fingerprint density at radius 3 is 2.87 bits per heavy atom. The zero-order valence-electron chi connectivity index (χ0n) is 13.9. The highest BCUT2D eigenvalue weighted by Gasteiger charge is 2.41. The minimum absolute atomic E-state index is 0.204. The van der Waals surface area contributed by atoms with Gasteiger partial charge in [0.2, 0.25) is 5.91 Å². The summed E-state index contributed by atoms with van der Waals surface area (Å²) in [5.41, 5.74) is 1.23. The van der Waals surface area contributed by atoms with Crippen LogP contribution < -0.4 is 0 Å². The second-order valence-electron chi connectivity index (χ2n) is 6.46. The number of carbonyl (C=O) groups excluding carboxylic acids is 1. The number of rotatable bonds is 6. The third-order valence-electron chi connectivity index (χ3n) is 4.93. The molecule has 2 fully saturated rings. The minimum Gasteiger partial charge on any atom is -0.379 e. The van der Waals surface area contributed by atoms with Gasteiger partial charge in [-0.05, 0) is 38.2 Å². The predicted molar refractivity (Wildman–Crippen MR) is 89.3 cm³/mol. The molecule has 1 amide bonds. The number of hydrogen-bond donors (Lipinski definition) is 0. The third kappa shape index (κ3) is 4.12. The van der Waals surface area contributed by atoms with Crippen molar-refractivity contribution >= 4 is 5.91 Å². The van der Waals surface area contributed by atoms with Crippen LogP contribution in [0.25, 0.3) is 0 Å². The van der Waals surface area contributed by atoms with Crippen LogP contribution in [0, 0.1) is 0 Å². The van der Waals surface area contributed by atoms with Crippen LogP contribution in [-0.4, -0.2) is 48.8 Å². The first kappa shape index (κ1) is 16.5. The Kier molecular flexibility index (Phi) is 5.68. The van der Waals surface area contributed by atoms with E-state index in [9.17, 15) is 4.79 Å². The number of hydrogen-bond acceptors (Lipinski definition) is 3. The van der Waals surface area contributed by atoms with Crippen molar-refractivity contribution in [2.24, 2.45) is 0 Å². The molecule has 0 saturated carbocycles. The standard InChI is InChI=1S/C19H27NO3/c1-2-22-14-16-9-10-17-18(23-16)12-13-20(17)19(21)11-8-15-6-4-3-5-7-15/h3-7,16-18H,2,8-14H2,1H3/t16-,17+,18+/m1/s1. The summed E-state index contributed by atoms with van der Waals surface area (Å²) in [5, 5.41) is 0. The summed E-state index contributed by atoms with van der Waals surface area (Å²) < 4.78 is 11.6. The van der Waals surface area contributed by atoms with Crippen molar-refractivity contribution in [1.82, 2.24) is 4.90 Å². The summed E-state index contributed by atoms with van der Waals surface area (Å²) in [7, 11) is 0. The highest BCUT2D eigenvalue weighted by Crippen LogP contribution is 2.32. The van der Waals surface area contributed by atoms with Crippen molar-refractivity contribution in [2.75, 3.05) is 19.8 Å². The van der Waals surface area contributed by atoms with Crippen molar-refractivity contribution in [2.45, 2.75) is 57.3 Å². The molecule has 2 aliphatic rings. The zero-order chi connectivity index (χ0) is 16.1. The topological polar surface area (TPSA) is 38.8 Å². The largest absolute Gasteiger partial charge is 0.379 e. The Labute approximate surface area is 138 Å². The van der Waals surface area contributed by atoms with Gasteiger partial charge in [-0.1, -0.05) is 30.3 Å². The summed E-state index contributed by atoms with van der Waals surface area (Å²) in [5.74, 6) is 0.271. The average molecular weight is 317 g/mol. The van der Waals surface area contributed by atoms with Gasteiger partial charge in [-0.3, -0.25) is 4.79 Å². The maximum absolute atomic E-state index is 12.6. The van der Waals surface area contributed by atoms with E-state index in [0.29, 0.717) is 13.0 Å². The molecule has 4 heteroatoms. The summed E-state index contributed by atoms with van der Waals surface area (Å²) in [6, 6.07) is 10.5. The van der Waals surface area contributed by atoms with E-state index < -0.39 is 0 Å². The number of ether oxygens (including phenoxy) is 2. The molecule has 2 heterocycles. The highest BCUT2D eigenvalue weighted by molar-refractivity contribution is 5.77. The molecule has 0 aliphatic carbocycles. The monoisotopic (exact) mass is 317 g/mol. The smallest absolute Gasteiger partial charge is 0.223 e. The van der Waals surface area contributed by atoms with E-state index in [1.807, 2.05) is 25.1 Å². The van der Waals surface area contributed by atoms with Gasteiger partial charge in [0.05, 0.1) is 24.9 Å². The fourth-order valence-electron chi connectivity index (χ4n) is 3.72. The lowest BCUT2D eigenvalue weighted by atomic mass is 9.99. The van der Waals surface area contributed by atoms with Gasteiger partial charge in [0.15, 0.2) is 0 Å². The summed E-state index contributed by atoms with van der Waals surface area (Å²) in [6.07, 6.45) is 4.82. The van der Waals surface area contributed by atoms with Crippen LogP contribution in [0.5, 0.6) is 0 Å². The molecule has 1 aromatic rings. The zero-order valence-corrected chi connectivity index (χ0v) is 13.9. The van der Waals surface area contributed by atoms with Gasteiger partial charge in [-0.25, -0.2) is 0 Å². The Bertz CT molecular complexity index is 505. The number of fused-ring (bicyclic) bond motifs is 1. The van der Waals surface area contributed by atoms with E-state index >= 15 is 0 Å². The Morgan fingerprint density at radius 1 is 1.26 bits per heavy atom. The van der Waals surface area contributed by atoms with E-state index in [-0.39, 0.29) is 24.2 Å². The highest BCUT2D eigenvalue weighted by atomic mass is 16.5. The molecule has 3 rings (SSSR count). The van der Waals surface area contributed by atoms with Crippen LogP contribution in [-0.2, 0) is 20.7 Å². The first-order valence-electron chi connectivity index (χ1n) is 8.84. The van der Waals surface area contributed by atoms with Gasteiger partial charge in [0.25, 0.3) is 0 Å². The average Bonchev–Trinajstić information content (AvgIpc) is 3.02. The molecule has 23 heavy (non-hydrogen) atoms. The van der Waals surface area contributed by atoms with Gasteiger partial charge in [0.1, 0.15) is 0 Å². The number of nitrogens with zero attached hydrogens (tertiary/aromatic N) is 1. The van der Waals surface area contributed by atoms with Crippen LogP contribution in [0.2, 0.25) is 0 Å². The number of likely N-dealkylation sites (tertiary alicyclic amines) is 1. The maximum atomic E-state index is 12.6. The van der Waals surface area contributed by atoms with Crippen molar-refractivity contribution in [3.63, 3.8) is 0 Å². The Balaban J connectivity index is 1.49. The van der Waals surface area contributed by atoms with Crippen LogP contribution in [0.15, 0.2) is 30.3 Å². The SMILES string of the molecule is CCOC[C@H]1CC[C@H]2[C@H](CCN2C(=O)CCc2ccccc2)O1. The van der Waals surface area contributed by atoms with E-state index in [0.717, 1.165) is 38.8 Å². The second kappa shape index (κ2) is 7.93. The molecule has 4 nitrogen and oxygen atoms in total. The Morgan fingerprint density at radius 2 is 2.09 bits per heavy atom. The van der Waals surface area contributed by atoms with Crippen molar-refractivity contribution in [3.05, 3.63) is 35.9 Å². The fraction of sp³-hybridized carbons (Fsp3) is 0.632. The predicted octanol–water partition coefficient (Wildman–Crippen LogP) is 2.80. The van der Waals surface area contributed by atoms with Gasteiger partial charge < -0.3 is 14.4 Å². The van der Waals surface area contributed by atoms with Gasteiger partial charge in [-0.2, -0.15) is 0 Å². The normalized spacial score (nSPS) is 27.0. The summed E-state index contributed by atoms with van der Waals surface area (Å²) in [6.45, 7) is 4.26. The molecule has 2 aliphatic heterocycles. The van der Waals surface area contributed by atoms with Crippen LogP contribution in [0.3, 0.4) is 0 Å². The molecule has 0 aromatic heterocycles. The van der Waals surface area contributed by atoms with Gasteiger partial charge in [0, 0.05) is 19.6 Å². The number of benzene rings is 1. The maximum Gasteiger partial charge on any atom is 0.223 e. The second-order valence-corrected chi connectivity index (χ2v) is 6.46. The lowest BCUT2D eigenvalue weighted by Crippen LogP contribution is -2.46. The molecular formula is C19H27NO3. The van der Waals surface area contributed by atoms with Crippen LogP contribution in [0.1, 0.15) is 38.2 Å². The third-order valence-corrected chi connectivity index (χ3v) is 4.93. The van der Waals surface area contributed by atoms with Crippen LogP contribution in [0.4, 0.5) is 0 Å². The number of amides is 1. The first-order valence-corrected chi connectivity index (χ1v) is 8.84. The molecule has 0 radical (unpaired) electrons. The lowest BCUT2D eigenvalue weighted by Gasteiger charge is -2.36. The molecule has 3 atom stereocenters. The van der Waals surface area contributed by atoms with E-state index in [1.54, 1.807) is 0 Å². The Hall–Kier alpha value is -1.39. The summed E-state index contributed by atoms with van der Waals surface area (Å²) >= 11 is 0.